The standard InChI is InChI=1S/C12H16O4/c1-12(11(14)16-3)7-5-4-6-9(8-12)10(13)15-2/h4-7,9H,8H2,1-3H3. The Hall–Kier alpha value is -1.58. The van der Waals surface area contributed by atoms with E-state index in [1.54, 1.807) is 31.2 Å². The van der Waals surface area contributed by atoms with Gasteiger partial charge in [-0.2, -0.15) is 0 Å². The molecule has 4 nitrogen and oxygen atoms in total. The molecule has 1 rings (SSSR count). The summed E-state index contributed by atoms with van der Waals surface area (Å²) in [5.74, 6) is -1.10. The normalized spacial score (nSPS) is 28.3. The Morgan fingerprint density at radius 3 is 2.50 bits per heavy atom. The molecule has 2 atom stereocenters. The molecular formula is C12H16O4. The number of allylic oxidation sites excluding steroid dienone is 2. The summed E-state index contributed by atoms with van der Waals surface area (Å²) >= 11 is 0. The lowest BCUT2D eigenvalue weighted by Crippen LogP contribution is -2.31. The van der Waals surface area contributed by atoms with Crippen molar-refractivity contribution >= 4 is 11.9 Å². The molecule has 88 valence electrons. The molecule has 0 N–H and O–H groups in total. The third-order valence-corrected chi connectivity index (χ3v) is 2.72. The Morgan fingerprint density at radius 1 is 1.25 bits per heavy atom. The minimum absolute atomic E-state index is 0.338. The van der Waals surface area contributed by atoms with Crippen molar-refractivity contribution in [3.63, 3.8) is 0 Å². The van der Waals surface area contributed by atoms with Gasteiger partial charge in [0.2, 0.25) is 0 Å². The molecule has 0 heterocycles. The van der Waals surface area contributed by atoms with Crippen molar-refractivity contribution in [1.29, 1.82) is 0 Å². The summed E-state index contributed by atoms with van der Waals surface area (Å²) in [5.41, 5.74) is -0.781. The molecule has 2 unspecified atom stereocenters. The largest absolute Gasteiger partial charge is 0.469 e. The van der Waals surface area contributed by atoms with Gasteiger partial charge in [0.05, 0.1) is 25.6 Å². The Labute approximate surface area is 94.9 Å². The molecule has 0 aliphatic heterocycles. The summed E-state index contributed by atoms with van der Waals surface area (Å²) in [6.07, 6.45) is 7.34. The summed E-state index contributed by atoms with van der Waals surface area (Å²) < 4.78 is 9.42. The van der Waals surface area contributed by atoms with E-state index in [1.165, 1.54) is 14.2 Å². The molecule has 0 aromatic carbocycles. The zero-order valence-electron chi connectivity index (χ0n) is 9.73. The minimum Gasteiger partial charge on any atom is -0.469 e. The fourth-order valence-electron chi connectivity index (χ4n) is 1.76. The zero-order valence-corrected chi connectivity index (χ0v) is 9.73. The van der Waals surface area contributed by atoms with Gasteiger partial charge in [-0.15, -0.1) is 0 Å². The molecule has 0 saturated heterocycles. The van der Waals surface area contributed by atoms with E-state index in [4.69, 9.17) is 4.74 Å². The van der Waals surface area contributed by atoms with Gasteiger partial charge in [0.1, 0.15) is 0 Å². The summed E-state index contributed by atoms with van der Waals surface area (Å²) in [5, 5.41) is 0. The highest BCUT2D eigenvalue weighted by Crippen LogP contribution is 2.32. The first-order valence-electron chi connectivity index (χ1n) is 5.06. The van der Waals surface area contributed by atoms with Crippen LogP contribution in [0.25, 0.3) is 0 Å². The second-order valence-corrected chi connectivity index (χ2v) is 3.99. The van der Waals surface area contributed by atoms with Gasteiger partial charge in [-0.3, -0.25) is 9.59 Å². The molecule has 0 aromatic rings. The van der Waals surface area contributed by atoms with Gasteiger partial charge in [0, 0.05) is 0 Å². The van der Waals surface area contributed by atoms with Crippen molar-refractivity contribution in [3.05, 3.63) is 24.3 Å². The highest BCUT2D eigenvalue weighted by atomic mass is 16.5. The Bertz CT molecular complexity index is 343. The predicted octanol–water partition coefficient (Wildman–Crippen LogP) is 1.47. The topological polar surface area (TPSA) is 52.6 Å². The fourth-order valence-corrected chi connectivity index (χ4v) is 1.76. The van der Waals surface area contributed by atoms with Crippen LogP contribution in [0.1, 0.15) is 13.3 Å². The molecular weight excluding hydrogens is 208 g/mol. The van der Waals surface area contributed by atoms with Crippen LogP contribution in [0.15, 0.2) is 24.3 Å². The van der Waals surface area contributed by atoms with E-state index in [2.05, 4.69) is 4.74 Å². The van der Waals surface area contributed by atoms with Gasteiger partial charge >= 0.3 is 11.9 Å². The van der Waals surface area contributed by atoms with Crippen molar-refractivity contribution < 1.29 is 19.1 Å². The number of methoxy groups -OCH3 is 2. The quantitative estimate of drug-likeness (QED) is 0.666. The van der Waals surface area contributed by atoms with Crippen LogP contribution in [-0.4, -0.2) is 26.2 Å². The van der Waals surface area contributed by atoms with Crippen LogP contribution < -0.4 is 0 Å². The van der Waals surface area contributed by atoms with E-state index >= 15 is 0 Å². The van der Waals surface area contributed by atoms with E-state index in [1.807, 2.05) is 0 Å². The summed E-state index contributed by atoms with van der Waals surface area (Å²) in [4.78, 5) is 23.1. The Balaban J connectivity index is 2.91. The third kappa shape index (κ3) is 2.51. The number of esters is 2. The molecule has 0 saturated carbocycles. The predicted molar refractivity (Wildman–Crippen MR) is 58.5 cm³/mol. The number of hydrogen-bond donors (Lipinski definition) is 0. The fraction of sp³-hybridized carbons (Fsp3) is 0.500. The molecule has 4 heteroatoms. The third-order valence-electron chi connectivity index (χ3n) is 2.72. The van der Waals surface area contributed by atoms with Gasteiger partial charge in [-0.05, 0) is 13.3 Å². The first-order chi connectivity index (χ1) is 7.53. The number of ether oxygens (including phenoxy) is 2. The molecule has 0 fully saturated rings. The van der Waals surface area contributed by atoms with Crippen LogP contribution >= 0.6 is 0 Å². The van der Waals surface area contributed by atoms with Gasteiger partial charge in [0.15, 0.2) is 0 Å². The first-order valence-corrected chi connectivity index (χ1v) is 5.06. The zero-order chi connectivity index (χ0) is 12.2. The van der Waals surface area contributed by atoms with Crippen molar-refractivity contribution in [2.45, 2.75) is 13.3 Å². The SMILES string of the molecule is COC(=O)C1C=CC=CC(C)(C(=O)OC)C1. The number of rotatable bonds is 2. The van der Waals surface area contributed by atoms with E-state index in [0.29, 0.717) is 6.42 Å². The van der Waals surface area contributed by atoms with Crippen LogP contribution in [0.4, 0.5) is 0 Å². The summed E-state index contributed by atoms with van der Waals surface area (Å²) in [6.45, 7) is 1.75. The summed E-state index contributed by atoms with van der Waals surface area (Å²) in [7, 11) is 2.68. The van der Waals surface area contributed by atoms with Gasteiger partial charge < -0.3 is 9.47 Å². The van der Waals surface area contributed by atoms with Crippen molar-refractivity contribution in [3.8, 4) is 0 Å². The number of carbonyl (C=O) groups excluding carboxylic acids is 2. The van der Waals surface area contributed by atoms with Gasteiger partial charge in [0.25, 0.3) is 0 Å². The maximum Gasteiger partial charge on any atom is 0.315 e. The van der Waals surface area contributed by atoms with Gasteiger partial charge in [-0.25, -0.2) is 0 Å². The molecule has 1 aliphatic carbocycles. The van der Waals surface area contributed by atoms with Crippen LogP contribution in [0.2, 0.25) is 0 Å². The van der Waals surface area contributed by atoms with Crippen molar-refractivity contribution in [1.82, 2.24) is 0 Å². The van der Waals surface area contributed by atoms with Crippen LogP contribution in [0.5, 0.6) is 0 Å². The average molecular weight is 224 g/mol. The van der Waals surface area contributed by atoms with Crippen LogP contribution in [0.3, 0.4) is 0 Å². The lowest BCUT2D eigenvalue weighted by atomic mass is 9.81. The Morgan fingerprint density at radius 2 is 1.94 bits per heavy atom. The van der Waals surface area contributed by atoms with E-state index < -0.39 is 11.3 Å². The highest BCUT2D eigenvalue weighted by molar-refractivity contribution is 5.81. The second-order valence-electron chi connectivity index (χ2n) is 3.99. The van der Waals surface area contributed by atoms with Crippen molar-refractivity contribution in [2.24, 2.45) is 11.3 Å². The lowest BCUT2D eigenvalue weighted by Gasteiger charge is -2.24. The number of hydrogen-bond acceptors (Lipinski definition) is 4. The van der Waals surface area contributed by atoms with Gasteiger partial charge in [-0.1, -0.05) is 24.3 Å². The van der Waals surface area contributed by atoms with Crippen LogP contribution in [0, 0.1) is 11.3 Å². The maximum atomic E-state index is 11.6. The maximum absolute atomic E-state index is 11.6. The van der Waals surface area contributed by atoms with E-state index in [-0.39, 0.29) is 11.9 Å². The molecule has 0 aromatic heterocycles. The molecule has 16 heavy (non-hydrogen) atoms. The van der Waals surface area contributed by atoms with Crippen molar-refractivity contribution in [2.75, 3.05) is 14.2 Å². The molecule has 0 bridgehead atoms. The summed E-state index contributed by atoms with van der Waals surface area (Å²) in [6, 6.07) is 0. The first kappa shape index (κ1) is 12.5. The number of carbonyl (C=O) groups is 2. The monoisotopic (exact) mass is 224 g/mol. The smallest absolute Gasteiger partial charge is 0.315 e. The minimum atomic E-state index is -0.781. The lowest BCUT2D eigenvalue weighted by molar-refractivity contribution is -0.151. The molecule has 0 spiro atoms. The average Bonchev–Trinajstić information content (AvgIpc) is 2.50. The molecule has 0 amide bonds. The molecule has 1 aliphatic rings. The Kier molecular flexibility index (Phi) is 3.88. The van der Waals surface area contributed by atoms with Crippen LogP contribution in [-0.2, 0) is 19.1 Å². The molecule has 0 radical (unpaired) electrons. The second kappa shape index (κ2) is 4.96. The van der Waals surface area contributed by atoms with E-state index in [0.717, 1.165) is 0 Å². The highest BCUT2D eigenvalue weighted by Gasteiger charge is 2.37. The van der Waals surface area contributed by atoms with E-state index in [9.17, 15) is 9.59 Å².